The summed E-state index contributed by atoms with van der Waals surface area (Å²) in [6.07, 6.45) is 2.99. The first-order valence-corrected chi connectivity index (χ1v) is 5.19. The zero-order chi connectivity index (χ0) is 12.3. The lowest BCUT2D eigenvalue weighted by atomic mass is 10.3. The zero-order valence-electron chi connectivity index (χ0n) is 8.95. The standard InChI is InChI=1S/C11H9ClFN3O/c1-14-10-5-15-6-11(16-10)17-7-2-3-8(12)9(13)4-7/h2-6H,1H3,(H,14,16). The van der Waals surface area contributed by atoms with E-state index < -0.39 is 5.82 Å². The number of nitrogens with one attached hydrogen (secondary N) is 1. The van der Waals surface area contributed by atoms with Gasteiger partial charge in [0.05, 0.1) is 17.4 Å². The number of benzene rings is 1. The smallest absolute Gasteiger partial charge is 0.239 e. The monoisotopic (exact) mass is 253 g/mol. The van der Waals surface area contributed by atoms with Crippen molar-refractivity contribution in [3.8, 4) is 11.6 Å². The highest BCUT2D eigenvalue weighted by Crippen LogP contribution is 2.24. The molecular formula is C11H9ClFN3O. The van der Waals surface area contributed by atoms with Crippen LogP contribution in [0.25, 0.3) is 0 Å². The number of rotatable bonds is 3. The highest BCUT2D eigenvalue weighted by atomic mass is 35.5. The van der Waals surface area contributed by atoms with E-state index in [0.29, 0.717) is 11.6 Å². The number of halogens is 2. The van der Waals surface area contributed by atoms with Crippen molar-refractivity contribution in [2.45, 2.75) is 0 Å². The molecule has 1 aromatic carbocycles. The Kier molecular flexibility index (Phi) is 3.39. The molecule has 0 amide bonds. The van der Waals surface area contributed by atoms with E-state index in [1.54, 1.807) is 19.3 Å². The van der Waals surface area contributed by atoms with Gasteiger partial charge in [0.2, 0.25) is 5.88 Å². The first-order chi connectivity index (χ1) is 8.19. The number of anilines is 1. The molecule has 1 N–H and O–H groups in total. The molecular weight excluding hydrogens is 245 g/mol. The van der Waals surface area contributed by atoms with Gasteiger partial charge in [-0.05, 0) is 12.1 Å². The first-order valence-electron chi connectivity index (χ1n) is 4.82. The molecule has 0 aliphatic rings. The molecule has 0 atom stereocenters. The quantitative estimate of drug-likeness (QED) is 0.913. The van der Waals surface area contributed by atoms with E-state index >= 15 is 0 Å². The molecule has 0 saturated carbocycles. The summed E-state index contributed by atoms with van der Waals surface area (Å²) in [5.41, 5.74) is 0. The van der Waals surface area contributed by atoms with Crippen LogP contribution >= 0.6 is 11.6 Å². The van der Waals surface area contributed by atoms with Gasteiger partial charge in [-0.1, -0.05) is 11.6 Å². The van der Waals surface area contributed by atoms with E-state index in [1.807, 2.05) is 0 Å². The Balaban J connectivity index is 2.22. The van der Waals surface area contributed by atoms with Gasteiger partial charge in [-0.2, -0.15) is 4.98 Å². The SMILES string of the molecule is CNc1cncc(Oc2ccc(Cl)c(F)c2)n1. The Morgan fingerprint density at radius 1 is 1.35 bits per heavy atom. The molecule has 0 bridgehead atoms. The van der Waals surface area contributed by atoms with Crippen molar-refractivity contribution >= 4 is 17.4 Å². The van der Waals surface area contributed by atoms with Gasteiger partial charge in [-0.25, -0.2) is 4.39 Å². The summed E-state index contributed by atoms with van der Waals surface area (Å²) in [5, 5.41) is 2.87. The van der Waals surface area contributed by atoms with Crippen LogP contribution in [-0.4, -0.2) is 17.0 Å². The summed E-state index contributed by atoms with van der Waals surface area (Å²) < 4.78 is 18.5. The van der Waals surface area contributed by atoms with Crippen molar-refractivity contribution in [2.75, 3.05) is 12.4 Å². The number of hydrogen-bond donors (Lipinski definition) is 1. The van der Waals surface area contributed by atoms with Crippen LogP contribution in [0.2, 0.25) is 5.02 Å². The van der Waals surface area contributed by atoms with Crippen molar-refractivity contribution in [1.82, 2.24) is 9.97 Å². The third kappa shape index (κ3) is 2.82. The van der Waals surface area contributed by atoms with Crippen LogP contribution in [0.3, 0.4) is 0 Å². The Labute approximate surface area is 102 Å². The van der Waals surface area contributed by atoms with Gasteiger partial charge >= 0.3 is 0 Å². The van der Waals surface area contributed by atoms with Crippen LogP contribution in [0.5, 0.6) is 11.6 Å². The minimum Gasteiger partial charge on any atom is -0.437 e. The van der Waals surface area contributed by atoms with Crippen molar-refractivity contribution in [3.63, 3.8) is 0 Å². The lowest BCUT2D eigenvalue weighted by Crippen LogP contribution is -1.96. The fraction of sp³-hybridized carbons (Fsp3) is 0.0909. The normalized spacial score (nSPS) is 10.1. The lowest BCUT2D eigenvalue weighted by Gasteiger charge is -2.06. The molecule has 88 valence electrons. The van der Waals surface area contributed by atoms with Crippen LogP contribution in [0.4, 0.5) is 10.2 Å². The maximum Gasteiger partial charge on any atom is 0.239 e. The highest BCUT2D eigenvalue weighted by molar-refractivity contribution is 6.30. The average molecular weight is 254 g/mol. The summed E-state index contributed by atoms with van der Waals surface area (Å²) in [7, 11) is 1.72. The van der Waals surface area contributed by atoms with E-state index in [1.165, 1.54) is 18.3 Å². The van der Waals surface area contributed by atoms with Gasteiger partial charge in [-0.15, -0.1) is 0 Å². The van der Waals surface area contributed by atoms with Crippen LogP contribution in [-0.2, 0) is 0 Å². The van der Waals surface area contributed by atoms with Crippen molar-refractivity contribution in [1.29, 1.82) is 0 Å². The molecule has 0 saturated heterocycles. The van der Waals surface area contributed by atoms with Crippen LogP contribution in [0.1, 0.15) is 0 Å². The molecule has 0 unspecified atom stereocenters. The molecule has 0 aliphatic heterocycles. The largest absolute Gasteiger partial charge is 0.437 e. The predicted octanol–water partition coefficient (Wildman–Crippen LogP) is 3.10. The molecule has 2 rings (SSSR count). The summed E-state index contributed by atoms with van der Waals surface area (Å²) >= 11 is 5.56. The summed E-state index contributed by atoms with van der Waals surface area (Å²) in [6, 6.07) is 4.16. The molecule has 0 fully saturated rings. The van der Waals surface area contributed by atoms with Crippen LogP contribution < -0.4 is 10.1 Å². The van der Waals surface area contributed by atoms with Crippen molar-refractivity contribution in [2.24, 2.45) is 0 Å². The number of nitrogens with zero attached hydrogens (tertiary/aromatic N) is 2. The van der Waals surface area contributed by atoms with Gasteiger partial charge in [0.1, 0.15) is 17.4 Å². The minimum atomic E-state index is -0.540. The predicted molar refractivity (Wildman–Crippen MR) is 63.1 cm³/mol. The van der Waals surface area contributed by atoms with Crippen molar-refractivity contribution < 1.29 is 9.13 Å². The summed E-state index contributed by atoms with van der Waals surface area (Å²) in [5.74, 6) is 0.617. The summed E-state index contributed by atoms with van der Waals surface area (Å²) in [6.45, 7) is 0. The molecule has 0 aliphatic carbocycles. The average Bonchev–Trinajstić information content (AvgIpc) is 2.34. The minimum absolute atomic E-state index is 0.0485. The van der Waals surface area contributed by atoms with Gasteiger partial charge in [0.25, 0.3) is 0 Å². The van der Waals surface area contributed by atoms with Crippen LogP contribution in [0, 0.1) is 5.82 Å². The molecule has 4 nitrogen and oxygen atoms in total. The van der Waals surface area contributed by atoms with Gasteiger partial charge in [0, 0.05) is 13.1 Å². The molecule has 1 heterocycles. The number of hydrogen-bond acceptors (Lipinski definition) is 4. The third-order valence-electron chi connectivity index (χ3n) is 1.98. The van der Waals surface area contributed by atoms with Gasteiger partial charge in [0.15, 0.2) is 0 Å². The Hall–Kier alpha value is -1.88. The van der Waals surface area contributed by atoms with E-state index in [-0.39, 0.29) is 10.9 Å². The fourth-order valence-corrected chi connectivity index (χ4v) is 1.30. The number of aromatic nitrogens is 2. The zero-order valence-corrected chi connectivity index (χ0v) is 9.70. The second kappa shape index (κ2) is 4.97. The number of ether oxygens (including phenoxy) is 1. The molecule has 6 heteroatoms. The lowest BCUT2D eigenvalue weighted by molar-refractivity contribution is 0.456. The van der Waals surface area contributed by atoms with E-state index in [2.05, 4.69) is 15.3 Å². The highest BCUT2D eigenvalue weighted by Gasteiger charge is 2.04. The van der Waals surface area contributed by atoms with E-state index in [4.69, 9.17) is 16.3 Å². The maximum absolute atomic E-state index is 13.2. The van der Waals surface area contributed by atoms with E-state index in [9.17, 15) is 4.39 Å². The van der Waals surface area contributed by atoms with Crippen LogP contribution in [0.15, 0.2) is 30.6 Å². The topological polar surface area (TPSA) is 47.0 Å². The first kappa shape index (κ1) is 11.6. The maximum atomic E-state index is 13.2. The second-order valence-corrected chi connectivity index (χ2v) is 3.58. The summed E-state index contributed by atoms with van der Waals surface area (Å²) in [4.78, 5) is 8.01. The molecule has 0 radical (unpaired) electrons. The van der Waals surface area contributed by atoms with Crippen molar-refractivity contribution in [3.05, 3.63) is 41.4 Å². The molecule has 2 aromatic rings. The Morgan fingerprint density at radius 3 is 2.88 bits per heavy atom. The van der Waals surface area contributed by atoms with Gasteiger partial charge < -0.3 is 10.1 Å². The molecule has 17 heavy (non-hydrogen) atoms. The fourth-order valence-electron chi connectivity index (χ4n) is 1.18. The Morgan fingerprint density at radius 2 is 2.18 bits per heavy atom. The molecule has 0 spiro atoms. The molecule has 1 aromatic heterocycles. The van der Waals surface area contributed by atoms with Gasteiger partial charge in [-0.3, -0.25) is 4.98 Å². The van der Waals surface area contributed by atoms with E-state index in [0.717, 1.165) is 0 Å². The second-order valence-electron chi connectivity index (χ2n) is 3.17. The Bertz CT molecular complexity index is 536. The third-order valence-corrected chi connectivity index (χ3v) is 2.29.